The first-order valence-electron chi connectivity index (χ1n) is 7.18. The van der Waals surface area contributed by atoms with Crippen molar-refractivity contribution in [1.29, 1.82) is 0 Å². The lowest BCUT2D eigenvalue weighted by Gasteiger charge is -2.23. The molecule has 0 radical (unpaired) electrons. The Kier molecular flexibility index (Phi) is 3.97. The van der Waals surface area contributed by atoms with E-state index in [1.807, 2.05) is 0 Å². The van der Waals surface area contributed by atoms with Crippen molar-refractivity contribution in [2.24, 2.45) is 0 Å². The maximum Gasteiger partial charge on any atom is 0.265 e. The Morgan fingerprint density at radius 2 is 2.09 bits per heavy atom. The molecular formula is C17H15FN2O3. The van der Waals surface area contributed by atoms with Crippen LogP contribution in [-0.2, 0) is 11.3 Å². The quantitative estimate of drug-likeness (QED) is 0.914. The van der Waals surface area contributed by atoms with Crippen LogP contribution in [0.5, 0.6) is 5.75 Å². The van der Waals surface area contributed by atoms with E-state index in [-0.39, 0.29) is 18.0 Å². The van der Waals surface area contributed by atoms with Crippen molar-refractivity contribution >= 4 is 17.5 Å². The maximum atomic E-state index is 13.5. The van der Waals surface area contributed by atoms with Gasteiger partial charge in [-0.3, -0.25) is 9.59 Å². The normalized spacial score (nSPS) is 16.1. The van der Waals surface area contributed by atoms with Gasteiger partial charge in [0, 0.05) is 6.54 Å². The molecule has 1 heterocycles. The molecule has 6 heteroatoms. The highest BCUT2D eigenvalue weighted by Gasteiger charge is 2.23. The number of hydrogen-bond donors (Lipinski definition) is 2. The topological polar surface area (TPSA) is 67.4 Å². The highest BCUT2D eigenvalue weighted by Crippen LogP contribution is 2.30. The molecule has 1 atom stereocenters. The van der Waals surface area contributed by atoms with Crippen LogP contribution >= 0.6 is 0 Å². The van der Waals surface area contributed by atoms with Gasteiger partial charge in [-0.1, -0.05) is 18.2 Å². The summed E-state index contributed by atoms with van der Waals surface area (Å²) in [5.41, 5.74) is 1.33. The summed E-state index contributed by atoms with van der Waals surface area (Å²) in [6, 6.07) is 11.0. The van der Waals surface area contributed by atoms with Crippen LogP contribution in [0.4, 0.5) is 10.1 Å². The van der Waals surface area contributed by atoms with Crippen molar-refractivity contribution in [2.75, 3.05) is 5.32 Å². The molecule has 3 rings (SSSR count). The fraction of sp³-hybridized carbons (Fsp3) is 0.176. The molecule has 1 aliphatic rings. The van der Waals surface area contributed by atoms with Gasteiger partial charge in [0.15, 0.2) is 6.10 Å². The summed E-state index contributed by atoms with van der Waals surface area (Å²) >= 11 is 0. The van der Waals surface area contributed by atoms with Crippen LogP contribution in [0.3, 0.4) is 0 Å². The van der Waals surface area contributed by atoms with Gasteiger partial charge < -0.3 is 15.4 Å². The molecule has 2 aromatic carbocycles. The number of carbonyl (C=O) groups is 2. The van der Waals surface area contributed by atoms with Gasteiger partial charge in [0.1, 0.15) is 11.6 Å². The molecule has 2 N–H and O–H groups in total. The van der Waals surface area contributed by atoms with E-state index in [1.54, 1.807) is 31.2 Å². The zero-order valence-corrected chi connectivity index (χ0v) is 12.4. The molecule has 0 spiro atoms. The fourth-order valence-electron chi connectivity index (χ4n) is 2.29. The Balaban J connectivity index is 1.70. The summed E-state index contributed by atoms with van der Waals surface area (Å²) in [5.74, 6) is -0.689. The van der Waals surface area contributed by atoms with Crippen molar-refractivity contribution in [2.45, 2.75) is 19.6 Å². The molecule has 5 nitrogen and oxygen atoms in total. The summed E-state index contributed by atoms with van der Waals surface area (Å²) < 4.78 is 19.0. The summed E-state index contributed by atoms with van der Waals surface area (Å²) in [6.45, 7) is 1.88. The van der Waals surface area contributed by atoms with Crippen molar-refractivity contribution in [3.8, 4) is 5.75 Å². The highest BCUT2D eigenvalue weighted by atomic mass is 19.1. The molecule has 118 valence electrons. The lowest BCUT2D eigenvalue weighted by molar-refractivity contribution is -0.122. The van der Waals surface area contributed by atoms with Crippen LogP contribution in [0.2, 0.25) is 0 Å². The van der Waals surface area contributed by atoms with E-state index in [0.29, 0.717) is 11.4 Å². The van der Waals surface area contributed by atoms with E-state index in [9.17, 15) is 14.0 Å². The largest absolute Gasteiger partial charge is 0.479 e. The number of nitrogens with one attached hydrogen (secondary N) is 2. The Labute approximate surface area is 132 Å². The molecule has 0 aliphatic carbocycles. The number of anilines is 1. The SMILES string of the molecule is CC1Oc2ccc(CNC(=O)c3ccccc3F)cc2NC1=O. The number of carbonyl (C=O) groups excluding carboxylic acids is 2. The van der Waals surface area contributed by atoms with E-state index in [0.717, 1.165) is 5.56 Å². The zero-order valence-electron chi connectivity index (χ0n) is 12.4. The number of hydrogen-bond acceptors (Lipinski definition) is 3. The molecule has 0 saturated heterocycles. The van der Waals surface area contributed by atoms with Gasteiger partial charge in [-0.2, -0.15) is 0 Å². The minimum Gasteiger partial charge on any atom is -0.479 e. The first-order valence-corrected chi connectivity index (χ1v) is 7.18. The average Bonchev–Trinajstić information content (AvgIpc) is 2.54. The highest BCUT2D eigenvalue weighted by molar-refractivity contribution is 5.97. The molecule has 0 aromatic heterocycles. The van der Waals surface area contributed by atoms with Crippen LogP contribution in [0.15, 0.2) is 42.5 Å². The van der Waals surface area contributed by atoms with E-state index in [4.69, 9.17) is 4.74 Å². The van der Waals surface area contributed by atoms with E-state index in [2.05, 4.69) is 10.6 Å². The standard InChI is InChI=1S/C17H15FN2O3/c1-10-16(21)20-14-8-11(6-7-15(14)23-10)9-19-17(22)12-4-2-3-5-13(12)18/h2-8,10H,9H2,1H3,(H,19,22)(H,20,21). The van der Waals surface area contributed by atoms with Crippen LogP contribution in [0, 0.1) is 5.82 Å². The number of ether oxygens (including phenoxy) is 1. The number of benzene rings is 2. The summed E-state index contributed by atoms with van der Waals surface area (Å²) in [7, 11) is 0. The van der Waals surface area contributed by atoms with E-state index >= 15 is 0 Å². The molecule has 0 bridgehead atoms. The maximum absolute atomic E-state index is 13.5. The third-order valence-electron chi connectivity index (χ3n) is 3.55. The fourth-order valence-corrected chi connectivity index (χ4v) is 2.29. The van der Waals surface area contributed by atoms with E-state index in [1.165, 1.54) is 18.2 Å². The van der Waals surface area contributed by atoms with E-state index < -0.39 is 17.8 Å². The Morgan fingerprint density at radius 3 is 2.87 bits per heavy atom. The molecule has 23 heavy (non-hydrogen) atoms. The number of halogens is 1. The zero-order chi connectivity index (χ0) is 16.4. The molecule has 1 aliphatic heterocycles. The molecular weight excluding hydrogens is 299 g/mol. The van der Waals surface area contributed by atoms with Gasteiger partial charge >= 0.3 is 0 Å². The van der Waals surface area contributed by atoms with Crippen molar-refractivity contribution in [3.63, 3.8) is 0 Å². The van der Waals surface area contributed by atoms with Gasteiger partial charge in [0.25, 0.3) is 11.8 Å². The summed E-state index contributed by atoms with van der Waals surface area (Å²) in [6.07, 6.45) is -0.533. The van der Waals surface area contributed by atoms with Crippen LogP contribution in [0.1, 0.15) is 22.8 Å². The summed E-state index contributed by atoms with van der Waals surface area (Å²) in [5, 5.41) is 5.39. The second-order valence-corrected chi connectivity index (χ2v) is 5.24. The Bertz CT molecular complexity index is 776. The predicted octanol–water partition coefficient (Wildman–Crippen LogP) is 2.48. The lowest BCUT2D eigenvalue weighted by atomic mass is 10.1. The second kappa shape index (κ2) is 6.08. The minimum atomic E-state index is -0.565. The third-order valence-corrected chi connectivity index (χ3v) is 3.55. The van der Waals surface area contributed by atoms with Crippen LogP contribution < -0.4 is 15.4 Å². The molecule has 0 fully saturated rings. The summed E-state index contributed by atoms with van der Waals surface area (Å²) in [4.78, 5) is 23.6. The monoisotopic (exact) mass is 314 g/mol. The van der Waals surface area contributed by atoms with Crippen molar-refractivity contribution < 1.29 is 18.7 Å². The minimum absolute atomic E-state index is 0.00378. The number of rotatable bonds is 3. The first kappa shape index (κ1) is 15.0. The smallest absolute Gasteiger partial charge is 0.265 e. The number of amides is 2. The molecule has 2 amide bonds. The van der Waals surface area contributed by atoms with Gasteiger partial charge in [-0.15, -0.1) is 0 Å². The van der Waals surface area contributed by atoms with Crippen molar-refractivity contribution in [1.82, 2.24) is 5.32 Å². The first-order chi connectivity index (χ1) is 11.0. The Hall–Kier alpha value is -2.89. The second-order valence-electron chi connectivity index (χ2n) is 5.24. The predicted molar refractivity (Wildman–Crippen MR) is 82.7 cm³/mol. The molecule has 0 saturated carbocycles. The number of fused-ring (bicyclic) bond motifs is 1. The van der Waals surface area contributed by atoms with Gasteiger partial charge in [-0.05, 0) is 36.8 Å². The van der Waals surface area contributed by atoms with Crippen LogP contribution in [-0.4, -0.2) is 17.9 Å². The van der Waals surface area contributed by atoms with Gasteiger partial charge in [0.05, 0.1) is 11.3 Å². The molecule has 2 aromatic rings. The van der Waals surface area contributed by atoms with Crippen LogP contribution in [0.25, 0.3) is 0 Å². The average molecular weight is 314 g/mol. The van der Waals surface area contributed by atoms with Gasteiger partial charge in [0.2, 0.25) is 0 Å². The Morgan fingerprint density at radius 1 is 1.30 bits per heavy atom. The van der Waals surface area contributed by atoms with Gasteiger partial charge in [-0.25, -0.2) is 4.39 Å². The van der Waals surface area contributed by atoms with Crippen molar-refractivity contribution in [3.05, 3.63) is 59.4 Å². The molecule has 1 unspecified atom stereocenters. The lowest BCUT2D eigenvalue weighted by Crippen LogP contribution is -2.34. The third kappa shape index (κ3) is 3.15.